The molecule has 0 N–H and O–H groups in total. The van der Waals surface area contributed by atoms with E-state index in [1.807, 2.05) is 30.0 Å². The van der Waals surface area contributed by atoms with Crippen LogP contribution in [0.1, 0.15) is 70.8 Å². The minimum absolute atomic E-state index is 0.195. The molecule has 1 amide bonds. The molecule has 0 fully saturated rings. The standard InChI is InChI=1S/C20H33NO2/c1-3-5-6-7-8-9-10-14-17-21(20(22)23-4-2)18-19-15-12-11-13-16-19/h11-13,15-16H,3-10,14,17-18H2,1-2H3. The lowest BCUT2D eigenvalue weighted by Gasteiger charge is -2.22. The first-order valence-corrected chi connectivity index (χ1v) is 9.23. The van der Waals surface area contributed by atoms with E-state index in [0.29, 0.717) is 13.2 Å². The van der Waals surface area contributed by atoms with Crippen LogP contribution in [0, 0.1) is 0 Å². The molecule has 0 aromatic heterocycles. The Hall–Kier alpha value is -1.51. The Morgan fingerprint density at radius 3 is 2.13 bits per heavy atom. The van der Waals surface area contributed by atoms with Crippen molar-refractivity contribution in [2.45, 2.75) is 71.8 Å². The molecule has 130 valence electrons. The van der Waals surface area contributed by atoms with Crippen molar-refractivity contribution < 1.29 is 9.53 Å². The molecule has 1 aromatic carbocycles. The van der Waals surface area contributed by atoms with Gasteiger partial charge >= 0.3 is 6.09 Å². The number of ether oxygens (including phenoxy) is 1. The highest BCUT2D eigenvalue weighted by molar-refractivity contribution is 5.67. The molecule has 3 nitrogen and oxygen atoms in total. The fourth-order valence-electron chi connectivity index (χ4n) is 2.69. The van der Waals surface area contributed by atoms with Gasteiger partial charge in [0, 0.05) is 13.1 Å². The van der Waals surface area contributed by atoms with Crippen LogP contribution in [-0.4, -0.2) is 24.1 Å². The van der Waals surface area contributed by atoms with Gasteiger partial charge in [0.05, 0.1) is 6.61 Å². The number of unbranched alkanes of at least 4 members (excludes halogenated alkanes) is 7. The van der Waals surface area contributed by atoms with Gasteiger partial charge in [-0.05, 0) is 18.9 Å². The average molecular weight is 319 g/mol. The van der Waals surface area contributed by atoms with E-state index in [9.17, 15) is 4.79 Å². The molecule has 0 radical (unpaired) electrons. The molecule has 1 aromatic rings. The number of carbonyl (C=O) groups excluding carboxylic acids is 1. The molecule has 0 unspecified atom stereocenters. The van der Waals surface area contributed by atoms with Crippen molar-refractivity contribution in [3.8, 4) is 0 Å². The number of rotatable bonds is 12. The molecule has 0 bridgehead atoms. The van der Waals surface area contributed by atoms with Gasteiger partial charge in [0.25, 0.3) is 0 Å². The van der Waals surface area contributed by atoms with Crippen molar-refractivity contribution in [3.05, 3.63) is 35.9 Å². The molecule has 0 spiro atoms. The van der Waals surface area contributed by atoms with Gasteiger partial charge in [-0.3, -0.25) is 0 Å². The first kappa shape index (κ1) is 19.5. The highest BCUT2D eigenvalue weighted by Crippen LogP contribution is 2.11. The summed E-state index contributed by atoms with van der Waals surface area (Å²) in [7, 11) is 0. The van der Waals surface area contributed by atoms with Gasteiger partial charge in [0.2, 0.25) is 0 Å². The van der Waals surface area contributed by atoms with Crippen LogP contribution in [0.5, 0.6) is 0 Å². The third-order valence-electron chi connectivity index (χ3n) is 4.02. The Labute approximate surface area is 142 Å². The van der Waals surface area contributed by atoms with Gasteiger partial charge in [-0.15, -0.1) is 0 Å². The van der Waals surface area contributed by atoms with E-state index in [2.05, 4.69) is 19.1 Å². The molecular weight excluding hydrogens is 286 g/mol. The highest BCUT2D eigenvalue weighted by atomic mass is 16.6. The van der Waals surface area contributed by atoms with Crippen molar-refractivity contribution in [3.63, 3.8) is 0 Å². The lowest BCUT2D eigenvalue weighted by molar-refractivity contribution is 0.104. The Morgan fingerprint density at radius 2 is 1.52 bits per heavy atom. The van der Waals surface area contributed by atoms with Crippen molar-refractivity contribution in [1.29, 1.82) is 0 Å². The van der Waals surface area contributed by atoms with Gasteiger partial charge in [0.1, 0.15) is 0 Å². The van der Waals surface area contributed by atoms with Gasteiger partial charge in [0.15, 0.2) is 0 Å². The fraction of sp³-hybridized carbons (Fsp3) is 0.650. The molecule has 0 heterocycles. The number of amides is 1. The van der Waals surface area contributed by atoms with E-state index in [0.717, 1.165) is 18.5 Å². The molecule has 0 aliphatic heterocycles. The lowest BCUT2D eigenvalue weighted by atomic mass is 10.1. The molecule has 1 rings (SSSR count). The maximum atomic E-state index is 12.1. The summed E-state index contributed by atoms with van der Waals surface area (Å²) in [5.41, 5.74) is 1.15. The van der Waals surface area contributed by atoms with Crippen LogP contribution in [-0.2, 0) is 11.3 Å². The zero-order valence-corrected chi connectivity index (χ0v) is 14.9. The monoisotopic (exact) mass is 319 g/mol. The largest absolute Gasteiger partial charge is 0.450 e. The Morgan fingerprint density at radius 1 is 0.913 bits per heavy atom. The fourth-order valence-corrected chi connectivity index (χ4v) is 2.69. The molecule has 0 saturated carbocycles. The lowest BCUT2D eigenvalue weighted by Crippen LogP contribution is -2.32. The Bertz CT molecular complexity index is 405. The van der Waals surface area contributed by atoms with Gasteiger partial charge in [-0.25, -0.2) is 4.79 Å². The minimum atomic E-state index is -0.195. The third-order valence-corrected chi connectivity index (χ3v) is 4.02. The quantitative estimate of drug-likeness (QED) is 0.457. The molecule has 0 saturated heterocycles. The van der Waals surface area contributed by atoms with Crippen molar-refractivity contribution in [2.24, 2.45) is 0 Å². The minimum Gasteiger partial charge on any atom is -0.450 e. The van der Waals surface area contributed by atoms with Crippen LogP contribution < -0.4 is 0 Å². The van der Waals surface area contributed by atoms with E-state index in [4.69, 9.17) is 4.74 Å². The predicted octanol–water partition coefficient (Wildman–Crippen LogP) is 5.79. The summed E-state index contributed by atoms with van der Waals surface area (Å²) < 4.78 is 5.19. The van der Waals surface area contributed by atoms with Crippen LogP contribution in [0.4, 0.5) is 4.79 Å². The first-order valence-electron chi connectivity index (χ1n) is 9.23. The second-order valence-corrected chi connectivity index (χ2v) is 6.08. The van der Waals surface area contributed by atoms with Crippen LogP contribution in [0.3, 0.4) is 0 Å². The van der Waals surface area contributed by atoms with Gasteiger partial charge < -0.3 is 9.64 Å². The third kappa shape index (κ3) is 9.27. The summed E-state index contributed by atoms with van der Waals surface area (Å²) in [6.07, 6.45) is 10.0. The molecule has 3 heteroatoms. The summed E-state index contributed by atoms with van der Waals surface area (Å²) in [5.74, 6) is 0. The topological polar surface area (TPSA) is 29.5 Å². The molecule has 0 aliphatic rings. The number of hydrogen-bond acceptors (Lipinski definition) is 2. The van der Waals surface area contributed by atoms with Crippen LogP contribution >= 0.6 is 0 Å². The van der Waals surface area contributed by atoms with Gasteiger partial charge in [-0.1, -0.05) is 82.2 Å². The van der Waals surface area contributed by atoms with Crippen molar-refractivity contribution in [1.82, 2.24) is 4.90 Å². The number of benzene rings is 1. The summed E-state index contributed by atoms with van der Waals surface area (Å²) >= 11 is 0. The maximum absolute atomic E-state index is 12.1. The molecule has 23 heavy (non-hydrogen) atoms. The summed E-state index contributed by atoms with van der Waals surface area (Å²) in [5, 5.41) is 0. The van der Waals surface area contributed by atoms with E-state index in [-0.39, 0.29) is 6.09 Å². The smallest absolute Gasteiger partial charge is 0.410 e. The SMILES string of the molecule is CCCCCCCCCCN(Cc1ccccc1)C(=O)OCC. The predicted molar refractivity (Wildman–Crippen MR) is 96.5 cm³/mol. The molecular formula is C20H33NO2. The summed E-state index contributed by atoms with van der Waals surface area (Å²) in [4.78, 5) is 13.9. The van der Waals surface area contributed by atoms with Crippen LogP contribution in [0.25, 0.3) is 0 Å². The summed E-state index contributed by atoms with van der Waals surface area (Å²) in [6, 6.07) is 10.1. The first-order chi connectivity index (χ1) is 11.3. The Balaban J connectivity index is 2.28. The van der Waals surface area contributed by atoms with Crippen molar-refractivity contribution in [2.75, 3.05) is 13.2 Å². The number of hydrogen-bond donors (Lipinski definition) is 0. The van der Waals surface area contributed by atoms with Gasteiger partial charge in [-0.2, -0.15) is 0 Å². The maximum Gasteiger partial charge on any atom is 0.410 e. The average Bonchev–Trinajstić information content (AvgIpc) is 2.57. The Kier molecular flexibility index (Phi) is 11.0. The second-order valence-electron chi connectivity index (χ2n) is 6.08. The van der Waals surface area contributed by atoms with Crippen LogP contribution in [0.2, 0.25) is 0 Å². The zero-order valence-electron chi connectivity index (χ0n) is 14.9. The summed E-state index contributed by atoms with van der Waals surface area (Å²) in [6.45, 7) is 5.95. The van der Waals surface area contributed by atoms with E-state index < -0.39 is 0 Å². The number of nitrogens with zero attached hydrogens (tertiary/aromatic N) is 1. The van der Waals surface area contributed by atoms with E-state index in [1.165, 1.54) is 44.9 Å². The highest BCUT2D eigenvalue weighted by Gasteiger charge is 2.14. The molecule has 0 atom stereocenters. The molecule has 0 aliphatic carbocycles. The van der Waals surface area contributed by atoms with Crippen LogP contribution in [0.15, 0.2) is 30.3 Å². The normalized spacial score (nSPS) is 10.5. The second kappa shape index (κ2) is 13.0. The van der Waals surface area contributed by atoms with Crippen molar-refractivity contribution >= 4 is 6.09 Å². The van der Waals surface area contributed by atoms with E-state index >= 15 is 0 Å². The zero-order chi connectivity index (χ0) is 16.8. The van der Waals surface area contributed by atoms with E-state index in [1.54, 1.807) is 0 Å². The number of carbonyl (C=O) groups is 1.